The van der Waals surface area contributed by atoms with Crippen molar-refractivity contribution >= 4 is 7.60 Å². The summed E-state index contributed by atoms with van der Waals surface area (Å²) >= 11 is 0. The monoisotopic (exact) mass is 327 g/mol. The van der Waals surface area contributed by atoms with Gasteiger partial charge < -0.3 is 27.4 Å². The topological polar surface area (TPSA) is 144 Å². The molecule has 21 heavy (non-hydrogen) atoms. The van der Waals surface area contributed by atoms with E-state index in [1.54, 1.807) is 0 Å². The average Bonchev–Trinajstić information content (AvgIpc) is 2.42. The lowest BCUT2D eigenvalue weighted by Gasteiger charge is -2.12. The molecule has 0 aromatic rings. The van der Waals surface area contributed by atoms with Gasteiger partial charge in [0.05, 0.1) is 6.16 Å². The molecule has 0 rings (SSSR count). The third-order valence-electron chi connectivity index (χ3n) is 2.70. The molecule has 0 aromatic carbocycles. The second-order valence-electron chi connectivity index (χ2n) is 4.70. The summed E-state index contributed by atoms with van der Waals surface area (Å²) < 4.78 is 16.5. The minimum Gasteiger partial charge on any atom is -0.344 e. The molecule has 1 unspecified atom stereocenters. The van der Waals surface area contributed by atoms with Crippen LogP contribution in [0.3, 0.4) is 0 Å². The molecule has 0 saturated carbocycles. The zero-order valence-corrected chi connectivity index (χ0v) is 14.2. The highest BCUT2D eigenvalue weighted by Crippen LogP contribution is 2.41. The van der Waals surface area contributed by atoms with Gasteiger partial charge >= 0.3 is 7.60 Å². The molecule has 0 aromatic heterocycles. The molecule has 0 spiro atoms. The van der Waals surface area contributed by atoms with Crippen LogP contribution in [0, 0.1) is 0 Å². The van der Waals surface area contributed by atoms with Crippen molar-refractivity contribution < 1.29 is 14.1 Å². The highest BCUT2D eigenvalue weighted by Gasteiger charge is 2.18. The van der Waals surface area contributed by atoms with E-state index in [4.69, 9.17) is 10.4 Å². The van der Waals surface area contributed by atoms with Gasteiger partial charge in [0, 0.05) is 39.3 Å². The third-order valence-corrected chi connectivity index (χ3v) is 4.00. The van der Waals surface area contributed by atoms with E-state index in [-0.39, 0.29) is 12.3 Å². The summed E-state index contributed by atoms with van der Waals surface area (Å²) in [5, 5.41) is 6.33. The Morgan fingerprint density at radius 2 is 1.67 bits per heavy atom. The summed E-state index contributed by atoms with van der Waals surface area (Å²) in [5.41, 5.74) is 7.89. The van der Waals surface area contributed by atoms with E-state index in [0.29, 0.717) is 19.6 Å². The minimum absolute atomic E-state index is 0. The molecule has 1 atom stereocenters. The first-order valence-electron chi connectivity index (χ1n) is 7.47. The Morgan fingerprint density at radius 1 is 1.05 bits per heavy atom. The standard InChI is InChI=1S/C12H31N4O3P.H3N/c1-2-3-4-5-12-20(17,18)19-16-11-10-15-9-8-14-7-6-13;/h14-16H,2-13H2,1H3,(H,17,18);1H3. The Morgan fingerprint density at radius 3 is 2.29 bits per heavy atom. The summed E-state index contributed by atoms with van der Waals surface area (Å²) in [7, 11) is -3.47. The van der Waals surface area contributed by atoms with Gasteiger partial charge in [-0.3, -0.25) is 4.57 Å². The fourth-order valence-electron chi connectivity index (χ4n) is 1.60. The van der Waals surface area contributed by atoms with Gasteiger partial charge in [0.2, 0.25) is 0 Å². The first-order chi connectivity index (χ1) is 9.62. The van der Waals surface area contributed by atoms with Gasteiger partial charge in [-0.2, -0.15) is 5.48 Å². The molecule has 0 aliphatic carbocycles. The van der Waals surface area contributed by atoms with E-state index in [2.05, 4.69) is 23.0 Å². The van der Waals surface area contributed by atoms with Crippen LogP contribution in [-0.2, 0) is 9.19 Å². The molecule has 0 aliphatic rings. The second-order valence-corrected chi connectivity index (χ2v) is 6.60. The van der Waals surface area contributed by atoms with E-state index in [1.807, 2.05) is 0 Å². The molecule has 130 valence electrons. The number of hydrogen-bond donors (Lipinski definition) is 6. The summed E-state index contributed by atoms with van der Waals surface area (Å²) in [6.45, 7) is 6.42. The van der Waals surface area contributed by atoms with E-state index in [0.717, 1.165) is 45.3 Å². The summed E-state index contributed by atoms with van der Waals surface area (Å²) in [4.78, 5) is 9.54. The van der Waals surface area contributed by atoms with Crippen molar-refractivity contribution in [2.45, 2.75) is 32.6 Å². The summed E-state index contributed by atoms with van der Waals surface area (Å²) in [5.74, 6) is 0. The number of hydroxylamine groups is 1. The lowest BCUT2D eigenvalue weighted by atomic mass is 10.2. The predicted octanol–water partition coefficient (Wildman–Crippen LogP) is 0.573. The molecule has 0 heterocycles. The molecule has 9 heteroatoms. The maximum Gasteiger partial charge on any atom is 0.344 e. The van der Waals surface area contributed by atoms with Gasteiger partial charge in [-0.25, -0.2) is 4.62 Å². The first kappa shape index (κ1) is 23.2. The van der Waals surface area contributed by atoms with E-state index < -0.39 is 7.60 Å². The Balaban J connectivity index is 0. The maximum atomic E-state index is 11.6. The van der Waals surface area contributed by atoms with Crippen LogP contribution in [0.2, 0.25) is 0 Å². The van der Waals surface area contributed by atoms with Gasteiger partial charge in [0.1, 0.15) is 0 Å². The van der Waals surface area contributed by atoms with Gasteiger partial charge in [0.15, 0.2) is 0 Å². The van der Waals surface area contributed by atoms with Crippen molar-refractivity contribution in [3.63, 3.8) is 0 Å². The summed E-state index contributed by atoms with van der Waals surface area (Å²) in [6.07, 6.45) is 4.13. The zero-order chi connectivity index (χ0) is 15.1. The molecule has 8 nitrogen and oxygen atoms in total. The van der Waals surface area contributed by atoms with Crippen molar-refractivity contribution in [1.29, 1.82) is 0 Å². The number of nitrogens with one attached hydrogen (secondary N) is 3. The number of rotatable bonds is 15. The molecule has 0 fully saturated rings. The molecule has 0 saturated heterocycles. The van der Waals surface area contributed by atoms with Gasteiger partial charge in [0.25, 0.3) is 0 Å². The Bertz CT molecular complexity index is 259. The second kappa shape index (κ2) is 16.3. The van der Waals surface area contributed by atoms with E-state index >= 15 is 0 Å². The van der Waals surface area contributed by atoms with Crippen LogP contribution in [-0.4, -0.2) is 50.3 Å². The van der Waals surface area contributed by atoms with Crippen LogP contribution in [0.5, 0.6) is 0 Å². The molecular formula is C12H34N5O3P. The van der Waals surface area contributed by atoms with Crippen molar-refractivity contribution in [2.75, 3.05) is 45.4 Å². The SMILES string of the molecule is CCCCCCP(=O)(O)ONCCNCCNCCN.N. The first-order valence-corrected chi connectivity index (χ1v) is 9.23. The highest BCUT2D eigenvalue weighted by molar-refractivity contribution is 7.52. The Kier molecular flexibility index (Phi) is 18.0. The van der Waals surface area contributed by atoms with Crippen molar-refractivity contribution in [1.82, 2.24) is 22.3 Å². The van der Waals surface area contributed by atoms with E-state index in [9.17, 15) is 9.46 Å². The third kappa shape index (κ3) is 17.9. The molecule has 0 amide bonds. The molecule has 0 aliphatic heterocycles. The lowest BCUT2D eigenvalue weighted by molar-refractivity contribution is 0.166. The Labute approximate surface area is 128 Å². The zero-order valence-electron chi connectivity index (χ0n) is 13.3. The predicted molar refractivity (Wildman–Crippen MR) is 87.7 cm³/mol. The van der Waals surface area contributed by atoms with Crippen LogP contribution in [0.25, 0.3) is 0 Å². The van der Waals surface area contributed by atoms with Gasteiger partial charge in [-0.15, -0.1) is 0 Å². The van der Waals surface area contributed by atoms with Crippen molar-refractivity contribution in [3.8, 4) is 0 Å². The maximum absolute atomic E-state index is 11.6. The molecular weight excluding hydrogens is 293 g/mol. The summed E-state index contributed by atoms with van der Waals surface area (Å²) in [6, 6.07) is 0. The van der Waals surface area contributed by atoms with Crippen molar-refractivity contribution in [2.24, 2.45) is 5.73 Å². The van der Waals surface area contributed by atoms with Crippen LogP contribution in [0.1, 0.15) is 32.6 Å². The lowest BCUT2D eigenvalue weighted by Crippen LogP contribution is -2.34. The average molecular weight is 327 g/mol. The molecule has 0 bridgehead atoms. The van der Waals surface area contributed by atoms with Crippen molar-refractivity contribution in [3.05, 3.63) is 0 Å². The molecule has 0 radical (unpaired) electrons. The van der Waals surface area contributed by atoms with E-state index in [1.165, 1.54) is 0 Å². The van der Waals surface area contributed by atoms with Crippen LogP contribution in [0.4, 0.5) is 0 Å². The normalized spacial score (nSPS) is 13.7. The quantitative estimate of drug-likeness (QED) is 0.145. The highest BCUT2D eigenvalue weighted by atomic mass is 31.2. The van der Waals surface area contributed by atoms with Gasteiger partial charge in [-0.1, -0.05) is 26.2 Å². The fraction of sp³-hybridized carbons (Fsp3) is 1.00. The number of hydrogen-bond acceptors (Lipinski definition) is 7. The smallest absolute Gasteiger partial charge is 0.344 e. The van der Waals surface area contributed by atoms with Crippen LogP contribution < -0.4 is 28.0 Å². The van der Waals surface area contributed by atoms with Crippen LogP contribution in [0.15, 0.2) is 0 Å². The minimum atomic E-state index is -3.47. The number of nitrogens with two attached hydrogens (primary N) is 1. The van der Waals surface area contributed by atoms with Crippen LogP contribution >= 0.6 is 7.60 Å². The number of unbranched alkanes of at least 4 members (excludes halogenated alkanes) is 3. The van der Waals surface area contributed by atoms with Gasteiger partial charge in [-0.05, 0) is 6.42 Å². The molecule has 9 N–H and O–H groups in total. The largest absolute Gasteiger partial charge is 0.344 e. The fourth-order valence-corrected chi connectivity index (χ4v) is 2.61. The Hall–Kier alpha value is -0.0500.